The minimum Gasteiger partial charge on any atom is -0.466 e. The van der Waals surface area contributed by atoms with E-state index in [2.05, 4.69) is 6.92 Å². The first kappa shape index (κ1) is 22.9. The van der Waals surface area contributed by atoms with Crippen molar-refractivity contribution in [3.8, 4) is 0 Å². The van der Waals surface area contributed by atoms with Crippen molar-refractivity contribution in [1.29, 1.82) is 0 Å². The molecule has 0 bridgehead atoms. The lowest BCUT2D eigenvalue weighted by Crippen LogP contribution is -2.10. The Bertz CT molecular complexity index is 302. The fourth-order valence-electron chi connectivity index (χ4n) is 2.64. The highest BCUT2D eigenvalue weighted by Crippen LogP contribution is 2.12. The normalized spacial score (nSPS) is 10.6. The van der Waals surface area contributed by atoms with Gasteiger partial charge in [-0.2, -0.15) is 0 Å². The van der Waals surface area contributed by atoms with Gasteiger partial charge in [0.05, 0.1) is 26.1 Å². The van der Waals surface area contributed by atoms with Gasteiger partial charge < -0.3 is 9.47 Å². The molecule has 0 radical (unpaired) electrons. The first-order chi connectivity index (χ1) is 11.7. The summed E-state index contributed by atoms with van der Waals surface area (Å²) in [6.45, 7) is 4.83. The van der Waals surface area contributed by atoms with E-state index in [9.17, 15) is 9.59 Å². The molecule has 0 aliphatic heterocycles. The summed E-state index contributed by atoms with van der Waals surface area (Å²) in [5.41, 5.74) is 0. The molecule has 0 N–H and O–H groups in total. The van der Waals surface area contributed by atoms with Crippen LogP contribution in [-0.2, 0) is 19.1 Å². The van der Waals surface area contributed by atoms with E-state index < -0.39 is 0 Å². The van der Waals surface area contributed by atoms with Crippen molar-refractivity contribution in [2.75, 3.05) is 13.2 Å². The second-order valence-corrected chi connectivity index (χ2v) is 6.41. The topological polar surface area (TPSA) is 52.6 Å². The summed E-state index contributed by atoms with van der Waals surface area (Å²) in [4.78, 5) is 22.5. The number of hydrogen-bond acceptors (Lipinski definition) is 4. The van der Waals surface area contributed by atoms with Gasteiger partial charge in [0.25, 0.3) is 0 Å². The summed E-state index contributed by atoms with van der Waals surface area (Å²) < 4.78 is 9.88. The molecule has 142 valence electrons. The van der Waals surface area contributed by atoms with Crippen LogP contribution in [0.2, 0.25) is 0 Å². The van der Waals surface area contributed by atoms with Crippen molar-refractivity contribution in [2.24, 2.45) is 0 Å². The average Bonchev–Trinajstić information content (AvgIpc) is 2.57. The number of esters is 2. The standard InChI is InChI=1S/C20H38O4/c1-3-5-6-7-8-9-10-11-12-13-14-15-18-24-20(22)17-16-19(21)23-4-2/h3-18H2,1-2H3. The van der Waals surface area contributed by atoms with Gasteiger partial charge in [-0.25, -0.2) is 0 Å². The molecule has 0 saturated heterocycles. The average molecular weight is 343 g/mol. The highest BCUT2D eigenvalue weighted by molar-refractivity contribution is 5.77. The monoisotopic (exact) mass is 342 g/mol. The van der Waals surface area contributed by atoms with Crippen LogP contribution in [0.3, 0.4) is 0 Å². The smallest absolute Gasteiger partial charge is 0.306 e. The summed E-state index contributed by atoms with van der Waals surface area (Å²) >= 11 is 0. The molecule has 0 aromatic rings. The van der Waals surface area contributed by atoms with E-state index in [0.717, 1.165) is 12.8 Å². The maximum Gasteiger partial charge on any atom is 0.306 e. The molecule has 0 aliphatic rings. The number of rotatable bonds is 17. The van der Waals surface area contributed by atoms with Gasteiger partial charge in [-0.1, -0.05) is 77.6 Å². The Morgan fingerprint density at radius 2 is 1.00 bits per heavy atom. The predicted octanol–water partition coefficient (Wildman–Crippen LogP) is 5.57. The summed E-state index contributed by atoms with van der Waals surface area (Å²) in [5, 5.41) is 0. The highest BCUT2D eigenvalue weighted by Gasteiger charge is 2.08. The molecular weight excluding hydrogens is 304 g/mol. The Kier molecular flexibility index (Phi) is 17.5. The van der Waals surface area contributed by atoms with Crippen molar-refractivity contribution < 1.29 is 19.1 Å². The predicted molar refractivity (Wildman–Crippen MR) is 97.9 cm³/mol. The van der Waals surface area contributed by atoms with Crippen LogP contribution in [0.5, 0.6) is 0 Å². The number of hydrogen-bond donors (Lipinski definition) is 0. The molecule has 0 fully saturated rings. The third-order valence-electron chi connectivity index (χ3n) is 4.10. The zero-order valence-electron chi connectivity index (χ0n) is 15.9. The number of carbonyl (C=O) groups excluding carboxylic acids is 2. The van der Waals surface area contributed by atoms with Gasteiger partial charge in [-0.15, -0.1) is 0 Å². The van der Waals surface area contributed by atoms with Crippen LogP contribution in [0.25, 0.3) is 0 Å². The minimum atomic E-state index is -0.334. The van der Waals surface area contributed by atoms with Gasteiger partial charge in [0.2, 0.25) is 0 Å². The highest BCUT2D eigenvalue weighted by atomic mass is 16.5. The van der Waals surface area contributed by atoms with E-state index in [1.807, 2.05) is 0 Å². The van der Waals surface area contributed by atoms with Crippen molar-refractivity contribution in [2.45, 2.75) is 104 Å². The third kappa shape index (κ3) is 17.3. The molecular formula is C20H38O4. The Labute approximate surface area is 148 Å². The van der Waals surface area contributed by atoms with Crippen LogP contribution < -0.4 is 0 Å². The Hall–Kier alpha value is -1.06. The lowest BCUT2D eigenvalue weighted by molar-refractivity contribution is -0.150. The van der Waals surface area contributed by atoms with Gasteiger partial charge in [0.1, 0.15) is 0 Å². The molecule has 4 nitrogen and oxygen atoms in total. The van der Waals surface area contributed by atoms with E-state index in [1.54, 1.807) is 6.92 Å². The van der Waals surface area contributed by atoms with Crippen LogP contribution in [-0.4, -0.2) is 25.2 Å². The molecule has 0 spiro atoms. The molecule has 0 rings (SSSR count). The van der Waals surface area contributed by atoms with Crippen LogP contribution in [0.15, 0.2) is 0 Å². The lowest BCUT2D eigenvalue weighted by Gasteiger charge is -2.05. The van der Waals surface area contributed by atoms with Gasteiger partial charge in [-0.3, -0.25) is 9.59 Å². The molecule has 0 heterocycles. The molecule has 0 aromatic carbocycles. The van der Waals surface area contributed by atoms with E-state index in [0.29, 0.717) is 13.2 Å². The molecule has 0 atom stereocenters. The molecule has 0 amide bonds. The summed E-state index contributed by atoms with van der Waals surface area (Å²) in [6, 6.07) is 0. The van der Waals surface area contributed by atoms with Gasteiger partial charge >= 0.3 is 11.9 Å². The summed E-state index contributed by atoms with van der Waals surface area (Å²) in [7, 11) is 0. The number of ether oxygens (including phenoxy) is 2. The zero-order chi connectivity index (χ0) is 17.9. The van der Waals surface area contributed by atoms with Crippen molar-refractivity contribution >= 4 is 11.9 Å². The van der Waals surface area contributed by atoms with Crippen LogP contribution in [0, 0.1) is 0 Å². The quantitative estimate of drug-likeness (QED) is 0.256. The van der Waals surface area contributed by atoms with E-state index in [1.165, 1.54) is 64.2 Å². The SMILES string of the molecule is CCCCCCCCCCCCCCOC(=O)CCC(=O)OCC. The van der Waals surface area contributed by atoms with Crippen LogP contribution >= 0.6 is 0 Å². The van der Waals surface area contributed by atoms with Gasteiger partial charge in [0.15, 0.2) is 0 Å². The Morgan fingerprint density at radius 3 is 1.46 bits per heavy atom. The van der Waals surface area contributed by atoms with E-state index in [4.69, 9.17) is 9.47 Å². The van der Waals surface area contributed by atoms with E-state index >= 15 is 0 Å². The Morgan fingerprint density at radius 1 is 0.583 bits per heavy atom. The summed E-state index contributed by atoms with van der Waals surface area (Å²) in [5.74, 6) is -0.633. The minimum absolute atomic E-state index is 0.116. The van der Waals surface area contributed by atoms with Gasteiger partial charge in [-0.05, 0) is 13.3 Å². The summed E-state index contributed by atoms with van der Waals surface area (Å²) in [6.07, 6.45) is 15.7. The second-order valence-electron chi connectivity index (χ2n) is 6.41. The molecule has 0 aliphatic carbocycles. The molecule has 0 aromatic heterocycles. The molecule has 24 heavy (non-hydrogen) atoms. The first-order valence-corrected chi connectivity index (χ1v) is 10.0. The largest absolute Gasteiger partial charge is 0.466 e. The fraction of sp³-hybridized carbons (Fsp3) is 0.900. The molecule has 0 unspecified atom stereocenters. The van der Waals surface area contributed by atoms with Crippen molar-refractivity contribution in [3.05, 3.63) is 0 Å². The molecule has 0 saturated carbocycles. The van der Waals surface area contributed by atoms with Crippen molar-refractivity contribution in [3.63, 3.8) is 0 Å². The fourth-order valence-corrected chi connectivity index (χ4v) is 2.64. The zero-order valence-corrected chi connectivity index (χ0v) is 15.9. The number of unbranched alkanes of at least 4 members (excludes halogenated alkanes) is 11. The van der Waals surface area contributed by atoms with Crippen molar-refractivity contribution in [1.82, 2.24) is 0 Å². The Balaban J connectivity index is 3.19. The number of carbonyl (C=O) groups is 2. The second kappa shape index (κ2) is 18.3. The maximum absolute atomic E-state index is 11.4. The van der Waals surface area contributed by atoms with Crippen LogP contribution in [0.4, 0.5) is 0 Å². The first-order valence-electron chi connectivity index (χ1n) is 10.0. The van der Waals surface area contributed by atoms with E-state index in [-0.39, 0.29) is 24.8 Å². The van der Waals surface area contributed by atoms with Crippen LogP contribution in [0.1, 0.15) is 104 Å². The van der Waals surface area contributed by atoms with Gasteiger partial charge in [0, 0.05) is 0 Å². The molecule has 4 heteroatoms. The lowest BCUT2D eigenvalue weighted by atomic mass is 10.1. The third-order valence-corrected chi connectivity index (χ3v) is 4.10. The maximum atomic E-state index is 11.4.